The number of anilines is 1. The van der Waals surface area contributed by atoms with Crippen LogP contribution in [0.25, 0.3) is 11.2 Å². The summed E-state index contributed by atoms with van der Waals surface area (Å²) in [7, 11) is 0. The normalized spacial score (nSPS) is 12.3. The fraction of sp³-hybridized carbons (Fsp3) is 0.296. The Kier molecular flexibility index (Phi) is 7.14. The first-order valence-electron chi connectivity index (χ1n) is 11.4. The second kappa shape index (κ2) is 10.2. The monoisotopic (exact) mass is 458 g/mol. The van der Waals surface area contributed by atoms with Crippen LogP contribution in [0.5, 0.6) is 0 Å². The third-order valence-electron chi connectivity index (χ3n) is 5.75. The molecule has 0 aliphatic carbocycles. The minimum Gasteiger partial charge on any atom is -0.324 e. The number of aryl methyl sites for hydroxylation is 1. The number of carbonyl (C=O) groups is 1. The lowest BCUT2D eigenvalue weighted by Crippen LogP contribution is -2.26. The van der Waals surface area contributed by atoms with Crippen LogP contribution in [-0.4, -0.2) is 20.4 Å². The van der Waals surface area contributed by atoms with E-state index in [1.807, 2.05) is 35.8 Å². The van der Waals surface area contributed by atoms with Gasteiger partial charge in [-0.3, -0.25) is 9.36 Å². The van der Waals surface area contributed by atoms with Gasteiger partial charge in [0.1, 0.15) is 11.6 Å². The van der Waals surface area contributed by atoms with Gasteiger partial charge in [-0.15, -0.1) is 0 Å². The molecule has 0 spiro atoms. The third-order valence-corrected chi connectivity index (χ3v) is 6.77. The number of fused-ring (bicyclic) bond motifs is 1. The van der Waals surface area contributed by atoms with Crippen molar-refractivity contribution in [2.45, 2.75) is 57.0 Å². The molecule has 170 valence electrons. The Labute approximate surface area is 199 Å². The van der Waals surface area contributed by atoms with E-state index in [4.69, 9.17) is 4.98 Å². The quantitative estimate of drug-likeness (QED) is 0.297. The predicted octanol–water partition coefficient (Wildman–Crippen LogP) is 6.75. The van der Waals surface area contributed by atoms with Crippen LogP contribution < -0.4 is 5.32 Å². The van der Waals surface area contributed by atoms with E-state index >= 15 is 0 Å². The van der Waals surface area contributed by atoms with E-state index in [-0.39, 0.29) is 5.91 Å². The van der Waals surface area contributed by atoms with Crippen molar-refractivity contribution in [3.8, 4) is 0 Å². The molecule has 0 saturated carbocycles. The molecule has 5 nitrogen and oxygen atoms in total. The Bertz CT molecular complexity index is 1230. The lowest BCUT2D eigenvalue weighted by molar-refractivity contribution is -0.119. The van der Waals surface area contributed by atoms with Crippen LogP contribution in [0.3, 0.4) is 0 Å². The third kappa shape index (κ3) is 5.28. The topological polar surface area (TPSA) is 59.8 Å². The van der Waals surface area contributed by atoms with Gasteiger partial charge in [-0.25, -0.2) is 9.97 Å². The molecule has 1 atom stereocenters. The molecule has 0 aliphatic rings. The largest absolute Gasteiger partial charge is 0.324 e. The average molecular weight is 459 g/mol. The highest BCUT2D eigenvalue weighted by Crippen LogP contribution is 2.31. The van der Waals surface area contributed by atoms with E-state index in [9.17, 15) is 4.79 Å². The summed E-state index contributed by atoms with van der Waals surface area (Å²) in [4.78, 5) is 22.8. The highest BCUT2D eigenvalue weighted by molar-refractivity contribution is 7.98. The van der Waals surface area contributed by atoms with Gasteiger partial charge < -0.3 is 5.32 Å². The zero-order valence-corrected chi connectivity index (χ0v) is 20.4. The van der Waals surface area contributed by atoms with Crippen LogP contribution in [0.1, 0.15) is 55.8 Å². The minimum atomic E-state index is -0.407. The number of aromatic nitrogens is 3. The molecule has 0 unspecified atom stereocenters. The number of rotatable bonds is 8. The van der Waals surface area contributed by atoms with E-state index in [1.165, 1.54) is 16.7 Å². The summed E-state index contributed by atoms with van der Waals surface area (Å²) >= 11 is 1.64. The molecule has 1 amide bonds. The molecule has 1 N–H and O–H groups in total. The number of hydrogen-bond donors (Lipinski definition) is 1. The van der Waals surface area contributed by atoms with Crippen molar-refractivity contribution < 1.29 is 4.79 Å². The lowest BCUT2D eigenvalue weighted by atomic mass is 10.0. The van der Waals surface area contributed by atoms with Gasteiger partial charge in [-0.1, -0.05) is 74.5 Å². The minimum absolute atomic E-state index is 0.0584. The molecule has 2 aromatic heterocycles. The van der Waals surface area contributed by atoms with E-state index in [1.54, 1.807) is 18.0 Å². The number of carbonyl (C=O) groups excluding carboxylic acids is 1. The van der Waals surface area contributed by atoms with Crippen molar-refractivity contribution in [1.82, 2.24) is 14.5 Å². The van der Waals surface area contributed by atoms with E-state index in [0.29, 0.717) is 12.3 Å². The van der Waals surface area contributed by atoms with Crippen LogP contribution in [0.2, 0.25) is 0 Å². The Morgan fingerprint density at radius 3 is 2.45 bits per heavy atom. The van der Waals surface area contributed by atoms with Crippen LogP contribution >= 0.6 is 11.8 Å². The summed E-state index contributed by atoms with van der Waals surface area (Å²) in [6.07, 6.45) is 2.39. The molecular weight excluding hydrogens is 428 g/mol. The maximum absolute atomic E-state index is 13.4. The molecule has 6 heteroatoms. The Morgan fingerprint density at radius 2 is 1.79 bits per heavy atom. The van der Waals surface area contributed by atoms with Crippen molar-refractivity contribution >= 4 is 34.5 Å². The standard InChI is InChI=1S/C27H30N4OS/c1-5-24(26(32)29-22-14-12-21(13-15-22)18(2)3)31-25-23(7-6-16-28-25)30-27(31)33-17-20-10-8-19(4)9-11-20/h6-16,18,24H,5,17H2,1-4H3,(H,29,32)/t24-/m0/s1. The SMILES string of the molecule is CC[C@@H](C(=O)Nc1ccc(C(C)C)cc1)n1c(SCc2ccc(C)cc2)nc2cccnc21. The summed E-state index contributed by atoms with van der Waals surface area (Å²) in [5, 5.41) is 3.90. The van der Waals surface area contributed by atoms with Crippen LogP contribution in [0, 0.1) is 6.92 Å². The van der Waals surface area contributed by atoms with Gasteiger partial charge in [0.05, 0.1) is 0 Å². The number of hydrogen-bond acceptors (Lipinski definition) is 4. The van der Waals surface area contributed by atoms with Crippen molar-refractivity contribution in [1.29, 1.82) is 0 Å². The first-order valence-corrected chi connectivity index (χ1v) is 12.4. The second-order valence-electron chi connectivity index (χ2n) is 8.57. The van der Waals surface area contributed by atoms with Crippen molar-refractivity contribution in [2.24, 2.45) is 0 Å². The first kappa shape index (κ1) is 23.1. The Hall–Kier alpha value is -3.12. The molecule has 4 rings (SSSR count). The van der Waals surface area contributed by atoms with Crippen molar-refractivity contribution in [3.63, 3.8) is 0 Å². The summed E-state index contributed by atoms with van der Waals surface area (Å²) in [6, 6.07) is 20.0. The van der Waals surface area contributed by atoms with Gasteiger partial charge in [0.2, 0.25) is 5.91 Å². The van der Waals surface area contributed by atoms with E-state index in [2.05, 4.69) is 67.5 Å². The number of imidazole rings is 1. The van der Waals surface area contributed by atoms with Crippen molar-refractivity contribution in [3.05, 3.63) is 83.6 Å². The molecule has 0 bridgehead atoms. The number of pyridine rings is 1. The van der Waals surface area contributed by atoms with Crippen LogP contribution in [-0.2, 0) is 10.5 Å². The maximum atomic E-state index is 13.4. The predicted molar refractivity (Wildman–Crippen MR) is 137 cm³/mol. The zero-order valence-electron chi connectivity index (χ0n) is 19.6. The highest BCUT2D eigenvalue weighted by atomic mass is 32.2. The molecule has 0 fully saturated rings. The van der Waals surface area contributed by atoms with Crippen molar-refractivity contribution in [2.75, 3.05) is 5.32 Å². The average Bonchev–Trinajstić information content (AvgIpc) is 3.18. The Balaban J connectivity index is 1.61. The molecule has 0 saturated heterocycles. The maximum Gasteiger partial charge on any atom is 0.247 e. The summed E-state index contributed by atoms with van der Waals surface area (Å²) in [6.45, 7) is 8.43. The summed E-state index contributed by atoms with van der Waals surface area (Å²) in [5.41, 5.74) is 6.05. The molecule has 2 heterocycles. The van der Waals surface area contributed by atoms with Gasteiger partial charge in [-0.2, -0.15) is 0 Å². The molecule has 0 aliphatic heterocycles. The van der Waals surface area contributed by atoms with Gasteiger partial charge in [-0.05, 0) is 54.7 Å². The number of thioether (sulfide) groups is 1. The number of nitrogens with zero attached hydrogens (tertiary/aromatic N) is 3. The molecule has 4 aromatic rings. The number of amides is 1. The van der Waals surface area contributed by atoms with E-state index < -0.39 is 6.04 Å². The fourth-order valence-electron chi connectivity index (χ4n) is 3.79. The highest BCUT2D eigenvalue weighted by Gasteiger charge is 2.25. The zero-order chi connectivity index (χ0) is 23.4. The molecule has 33 heavy (non-hydrogen) atoms. The van der Waals surface area contributed by atoms with Crippen LogP contribution in [0.4, 0.5) is 5.69 Å². The fourth-order valence-corrected chi connectivity index (χ4v) is 4.79. The van der Waals surface area contributed by atoms with Gasteiger partial charge in [0.25, 0.3) is 0 Å². The Morgan fingerprint density at radius 1 is 1.06 bits per heavy atom. The molecule has 0 radical (unpaired) electrons. The summed E-state index contributed by atoms with van der Waals surface area (Å²) < 4.78 is 1.99. The molecule has 2 aromatic carbocycles. The van der Waals surface area contributed by atoms with E-state index in [0.717, 1.165) is 27.8 Å². The lowest BCUT2D eigenvalue weighted by Gasteiger charge is -2.19. The van der Waals surface area contributed by atoms with Gasteiger partial charge >= 0.3 is 0 Å². The summed E-state index contributed by atoms with van der Waals surface area (Å²) in [5.74, 6) is 1.17. The first-order chi connectivity index (χ1) is 16.0. The van der Waals surface area contributed by atoms with Gasteiger partial charge in [0.15, 0.2) is 10.8 Å². The van der Waals surface area contributed by atoms with Gasteiger partial charge in [0, 0.05) is 17.6 Å². The van der Waals surface area contributed by atoms with Crippen LogP contribution in [0.15, 0.2) is 72.0 Å². The number of nitrogens with one attached hydrogen (secondary N) is 1. The second-order valence-corrected chi connectivity index (χ2v) is 9.52. The molecular formula is C27H30N4OS. The number of benzene rings is 2. The smallest absolute Gasteiger partial charge is 0.247 e.